The molecule has 0 unspecified atom stereocenters. The fraction of sp³-hybridized carbons (Fsp3) is 0.261. The number of hydrogen-bond acceptors (Lipinski definition) is 7. The van der Waals surface area contributed by atoms with E-state index in [4.69, 9.17) is 10.7 Å². The Morgan fingerprint density at radius 1 is 1.00 bits per heavy atom. The van der Waals surface area contributed by atoms with Gasteiger partial charge in [0.05, 0.1) is 17.1 Å². The van der Waals surface area contributed by atoms with Gasteiger partial charge in [0.2, 0.25) is 5.95 Å². The number of nitrogens with zero attached hydrogens (tertiary/aromatic N) is 5. The van der Waals surface area contributed by atoms with E-state index in [2.05, 4.69) is 39.3 Å². The van der Waals surface area contributed by atoms with Crippen LogP contribution in [0.4, 0.5) is 23.0 Å². The third-order valence-electron chi connectivity index (χ3n) is 5.94. The Hall–Kier alpha value is -3.65. The molecule has 8 heteroatoms. The number of nitrogens with two attached hydrogens (primary N) is 1. The lowest BCUT2D eigenvalue weighted by Crippen LogP contribution is -2.44. The summed E-state index contributed by atoms with van der Waals surface area (Å²) in [5.74, 6) is 0.486. The second kappa shape index (κ2) is 7.55. The van der Waals surface area contributed by atoms with Crippen molar-refractivity contribution in [1.29, 1.82) is 0 Å². The minimum absolute atomic E-state index is 0.112. The normalized spacial score (nSPS) is 15.0. The van der Waals surface area contributed by atoms with Gasteiger partial charge in [0.15, 0.2) is 0 Å². The largest absolute Gasteiger partial charge is 0.399 e. The Morgan fingerprint density at radius 2 is 1.81 bits per heavy atom. The summed E-state index contributed by atoms with van der Waals surface area (Å²) in [5.41, 5.74) is 9.84. The predicted octanol–water partition coefficient (Wildman–Crippen LogP) is 2.56. The van der Waals surface area contributed by atoms with E-state index in [0.29, 0.717) is 28.1 Å². The van der Waals surface area contributed by atoms with Crippen LogP contribution in [-0.2, 0) is 7.05 Å². The summed E-state index contributed by atoms with van der Waals surface area (Å²) in [6.45, 7) is 4.13. The highest BCUT2D eigenvalue weighted by Crippen LogP contribution is 2.26. The standard InChI is InChI=1S/C23H25N7O/c1-28-8-10-30(11-9-28)17-5-3-4-16(13-17)26-23-25-14-20-21(27-23)18-7-6-15(24)12-19(18)22(31)29(20)2/h3-7,12-14H,8-11,24H2,1-2H3,(H,25,26,27). The van der Waals surface area contributed by atoms with Crippen LogP contribution in [0.25, 0.3) is 21.8 Å². The summed E-state index contributed by atoms with van der Waals surface area (Å²) in [5, 5.41) is 4.64. The van der Waals surface area contributed by atoms with Crippen LogP contribution in [0, 0.1) is 0 Å². The molecule has 3 heterocycles. The summed E-state index contributed by atoms with van der Waals surface area (Å²) in [6, 6.07) is 13.6. The highest BCUT2D eigenvalue weighted by molar-refractivity contribution is 6.04. The van der Waals surface area contributed by atoms with Crippen molar-refractivity contribution in [1.82, 2.24) is 19.4 Å². The summed E-state index contributed by atoms with van der Waals surface area (Å²) < 4.78 is 1.56. The zero-order chi connectivity index (χ0) is 21.5. The topological polar surface area (TPSA) is 92.3 Å². The van der Waals surface area contributed by atoms with Gasteiger partial charge in [-0.05, 0) is 43.4 Å². The van der Waals surface area contributed by atoms with Crippen LogP contribution < -0.4 is 21.5 Å². The fourth-order valence-corrected chi connectivity index (χ4v) is 4.09. The summed E-state index contributed by atoms with van der Waals surface area (Å²) in [7, 11) is 3.88. The van der Waals surface area contributed by atoms with E-state index in [9.17, 15) is 4.79 Å². The molecule has 0 spiro atoms. The molecule has 0 saturated carbocycles. The molecule has 1 aliphatic heterocycles. The molecule has 8 nitrogen and oxygen atoms in total. The number of hydrogen-bond donors (Lipinski definition) is 2. The number of nitrogens with one attached hydrogen (secondary N) is 1. The molecular weight excluding hydrogens is 390 g/mol. The quantitative estimate of drug-likeness (QED) is 0.392. The van der Waals surface area contributed by atoms with Crippen molar-refractivity contribution in [2.75, 3.05) is 49.2 Å². The number of pyridine rings is 1. The Bertz CT molecular complexity index is 1340. The number of aromatic nitrogens is 3. The molecule has 2 aromatic heterocycles. The van der Waals surface area contributed by atoms with E-state index >= 15 is 0 Å². The molecule has 5 rings (SSSR count). The molecular formula is C23H25N7O. The smallest absolute Gasteiger partial charge is 0.258 e. The van der Waals surface area contributed by atoms with Crippen molar-refractivity contribution < 1.29 is 0 Å². The maximum absolute atomic E-state index is 12.7. The van der Waals surface area contributed by atoms with E-state index < -0.39 is 0 Å². The average Bonchev–Trinajstić information content (AvgIpc) is 2.78. The number of piperazine rings is 1. The van der Waals surface area contributed by atoms with Gasteiger partial charge in [-0.25, -0.2) is 9.97 Å². The lowest BCUT2D eigenvalue weighted by atomic mass is 10.1. The molecule has 3 N–H and O–H groups in total. The van der Waals surface area contributed by atoms with E-state index in [1.807, 2.05) is 18.2 Å². The van der Waals surface area contributed by atoms with Gasteiger partial charge in [0, 0.05) is 55.7 Å². The lowest BCUT2D eigenvalue weighted by Gasteiger charge is -2.34. The minimum Gasteiger partial charge on any atom is -0.399 e. The molecule has 1 saturated heterocycles. The minimum atomic E-state index is -0.112. The predicted molar refractivity (Wildman–Crippen MR) is 126 cm³/mol. The van der Waals surface area contributed by atoms with Crippen molar-refractivity contribution in [3.8, 4) is 0 Å². The Balaban J connectivity index is 1.52. The van der Waals surface area contributed by atoms with Crippen LogP contribution in [0.3, 0.4) is 0 Å². The molecule has 2 aromatic carbocycles. The fourth-order valence-electron chi connectivity index (χ4n) is 4.09. The molecule has 0 aliphatic carbocycles. The molecule has 0 radical (unpaired) electrons. The van der Waals surface area contributed by atoms with Gasteiger partial charge >= 0.3 is 0 Å². The number of rotatable bonds is 3. The van der Waals surface area contributed by atoms with Gasteiger partial charge < -0.3 is 25.4 Å². The van der Waals surface area contributed by atoms with Crippen LogP contribution >= 0.6 is 0 Å². The maximum atomic E-state index is 12.7. The van der Waals surface area contributed by atoms with E-state index in [-0.39, 0.29) is 5.56 Å². The van der Waals surface area contributed by atoms with Crippen LogP contribution in [-0.4, -0.2) is 52.7 Å². The second-order valence-electron chi connectivity index (χ2n) is 8.06. The molecule has 158 valence electrons. The molecule has 0 atom stereocenters. The first-order chi connectivity index (χ1) is 15.0. The second-order valence-corrected chi connectivity index (χ2v) is 8.06. The lowest BCUT2D eigenvalue weighted by molar-refractivity contribution is 0.313. The maximum Gasteiger partial charge on any atom is 0.258 e. The first kappa shape index (κ1) is 19.3. The van der Waals surface area contributed by atoms with Gasteiger partial charge in [0.25, 0.3) is 5.56 Å². The molecule has 1 aliphatic rings. The highest BCUT2D eigenvalue weighted by Gasteiger charge is 2.15. The molecule has 1 fully saturated rings. The Kier molecular flexibility index (Phi) is 4.71. The number of nitrogen functional groups attached to an aromatic ring is 1. The van der Waals surface area contributed by atoms with Crippen LogP contribution in [0.1, 0.15) is 0 Å². The summed E-state index contributed by atoms with van der Waals surface area (Å²) >= 11 is 0. The number of aryl methyl sites for hydroxylation is 1. The molecule has 0 bridgehead atoms. The van der Waals surface area contributed by atoms with Crippen molar-refractivity contribution in [3.63, 3.8) is 0 Å². The summed E-state index contributed by atoms with van der Waals surface area (Å²) in [4.78, 5) is 26.6. The number of likely N-dealkylation sites (N-methyl/N-ethyl adjacent to an activating group) is 1. The Morgan fingerprint density at radius 3 is 2.61 bits per heavy atom. The summed E-state index contributed by atoms with van der Waals surface area (Å²) in [6.07, 6.45) is 1.69. The average molecular weight is 416 g/mol. The van der Waals surface area contributed by atoms with Crippen molar-refractivity contribution in [3.05, 3.63) is 59.0 Å². The van der Waals surface area contributed by atoms with E-state index in [1.54, 1.807) is 29.9 Å². The molecule has 0 amide bonds. The van der Waals surface area contributed by atoms with Crippen molar-refractivity contribution in [2.24, 2.45) is 7.05 Å². The van der Waals surface area contributed by atoms with Crippen molar-refractivity contribution >= 4 is 44.8 Å². The monoisotopic (exact) mass is 415 g/mol. The Labute approximate surface area is 179 Å². The van der Waals surface area contributed by atoms with Crippen LogP contribution in [0.2, 0.25) is 0 Å². The van der Waals surface area contributed by atoms with Gasteiger partial charge in [-0.15, -0.1) is 0 Å². The van der Waals surface area contributed by atoms with Crippen LogP contribution in [0.5, 0.6) is 0 Å². The van der Waals surface area contributed by atoms with Gasteiger partial charge in [-0.2, -0.15) is 0 Å². The highest BCUT2D eigenvalue weighted by atomic mass is 16.1. The van der Waals surface area contributed by atoms with Gasteiger partial charge in [0.1, 0.15) is 5.52 Å². The number of benzene rings is 2. The zero-order valence-corrected chi connectivity index (χ0v) is 17.7. The third-order valence-corrected chi connectivity index (χ3v) is 5.94. The number of fused-ring (bicyclic) bond motifs is 3. The van der Waals surface area contributed by atoms with Gasteiger partial charge in [-0.3, -0.25) is 4.79 Å². The first-order valence-corrected chi connectivity index (χ1v) is 10.4. The third kappa shape index (κ3) is 3.55. The van der Waals surface area contributed by atoms with Gasteiger partial charge in [-0.1, -0.05) is 6.07 Å². The van der Waals surface area contributed by atoms with Crippen molar-refractivity contribution in [2.45, 2.75) is 0 Å². The van der Waals surface area contributed by atoms with E-state index in [0.717, 1.165) is 37.3 Å². The molecule has 4 aromatic rings. The first-order valence-electron chi connectivity index (χ1n) is 10.4. The SMILES string of the molecule is CN1CCN(c2cccc(Nc3ncc4c(n3)c3ccc(N)cc3c(=O)n4C)c2)CC1. The van der Waals surface area contributed by atoms with E-state index in [1.165, 1.54) is 5.69 Å². The molecule has 31 heavy (non-hydrogen) atoms. The number of anilines is 4. The zero-order valence-electron chi connectivity index (χ0n) is 17.7. The van der Waals surface area contributed by atoms with Crippen LogP contribution in [0.15, 0.2) is 53.5 Å².